The Morgan fingerprint density at radius 3 is 2.76 bits per heavy atom. The number of hydrogen-bond acceptors (Lipinski definition) is 6. The standard InChI is InChI=1S/C15H17N5S/c1-9-4-5-10(8-12(9)20(2)3)17-13-11-6-7-21-14(11)19-15(16)18-13/h4-8H,1-3H3,(H3,16,17,18,19). The summed E-state index contributed by atoms with van der Waals surface area (Å²) < 4.78 is 0. The lowest BCUT2D eigenvalue weighted by Crippen LogP contribution is -2.10. The Balaban J connectivity index is 2.02. The van der Waals surface area contributed by atoms with Crippen molar-refractivity contribution in [2.45, 2.75) is 6.92 Å². The number of hydrogen-bond donors (Lipinski definition) is 2. The van der Waals surface area contributed by atoms with E-state index in [1.54, 1.807) is 11.3 Å². The number of aromatic nitrogens is 2. The van der Waals surface area contributed by atoms with Gasteiger partial charge in [0.1, 0.15) is 10.6 Å². The highest BCUT2D eigenvalue weighted by atomic mass is 32.1. The zero-order chi connectivity index (χ0) is 15.0. The summed E-state index contributed by atoms with van der Waals surface area (Å²) in [5, 5.41) is 6.32. The van der Waals surface area contributed by atoms with Gasteiger partial charge >= 0.3 is 0 Å². The second-order valence-corrected chi connectivity index (χ2v) is 5.99. The minimum absolute atomic E-state index is 0.285. The quantitative estimate of drug-likeness (QED) is 0.776. The predicted molar refractivity (Wildman–Crippen MR) is 90.6 cm³/mol. The number of nitrogens with zero attached hydrogens (tertiary/aromatic N) is 3. The van der Waals surface area contributed by atoms with Gasteiger partial charge in [-0.1, -0.05) is 6.07 Å². The molecule has 0 atom stereocenters. The fourth-order valence-electron chi connectivity index (χ4n) is 2.27. The maximum Gasteiger partial charge on any atom is 0.223 e. The number of rotatable bonds is 3. The van der Waals surface area contributed by atoms with Crippen LogP contribution in [0, 0.1) is 6.92 Å². The second-order valence-electron chi connectivity index (χ2n) is 5.09. The van der Waals surface area contributed by atoms with E-state index in [1.807, 2.05) is 31.6 Å². The zero-order valence-electron chi connectivity index (χ0n) is 12.2. The Hall–Kier alpha value is -2.34. The number of nitrogen functional groups attached to an aromatic ring is 1. The van der Waals surface area contributed by atoms with Crippen LogP contribution in [0.2, 0.25) is 0 Å². The van der Waals surface area contributed by atoms with Gasteiger partial charge in [-0.3, -0.25) is 0 Å². The van der Waals surface area contributed by atoms with Crippen LogP contribution >= 0.6 is 11.3 Å². The maximum absolute atomic E-state index is 5.78. The molecule has 0 saturated heterocycles. The first-order chi connectivity index (χ1) is 10.0. The first kappa shape index (κ1) is 13.6. The molecular weight excluding hydrogens is 282 g/mol. The van der Waals surface area contributed by atoms with Gasteiger partial charge in [0.2, 0.25) is 5.95 Å². The van der Waals surface area contributed by atoms with Gasteiger partial charge < -0.3 is 16.0 Å². The number of nitrogens with one attached hydrogen (secondary N) is 1. The second kappa shape index (κ2) is 5.21. The number of nitrogens with two attached hydrogens (primary N) is 1. The summed E-state index contributed by atoms with van der Waals surface area (Å²) in [6.45, 7) is 2.10. The Morgan fingerprint density at radius 2 is 2.00 bits per heavy atom. The summed E-state index contributed by atoms with van der Waals surface area (Å²) in [6, 6.07) is 8.24. The van der Waals surface area contributed by atoms with Gasteiger partial charge in [0, 0.05) is 25.5 Å². The van der Waals surface area contributed by atoms with Gasteiger partial charge in [0.25, 0.3) is 0 Å². The van der Waals surface area contributed by atoms with Gasteiger partial charge in [-0.05, 0) is 36.1 Å². The van der Waals surface area contributed by atoms with Crippen LogP contribution < -0.4 is 16.0 Å². The summed E-state index contributed by atoms with van der Waals surface area (Å²) in [4.78, 5) is 11.5. The zero-order valence-corrected chi connectivity index (χ0v) is 13.0. The molecule has 2 aromatic heterocycles. The largest absolute Gasteiger partial charge is 0.377 e. The van der Waals surface area contributed by atoms with E-state index in [4.69, 9.17) is 5.73 Å². The Morgan fingerprint density at radius 1 is 1.19 bits per heavy atom. The molecule has 0 aliphatic heterocycles. The first-order valence-corrected chi connectivity index (χ1v) is 7.48. The van der Waals surface area contributed by atoms with E-state index in [0.717, 1.165) is 21.7 Å². The highest BCUT2D eigenvalue weighted by Gasteiger charge is 2.09. The van der Waals surface area contributed by atoms with Crippen molar-refractivity contribution in [2.75, 3.05) is 30.0 Å². The SMILES string of the molecule is Cc1ccc(Nc2nc(N)nc3sccc23)cc1N(C)C. The molecule has 0 radical (unpaired) electrons. The Kier molecular flexibility index (Phi) is 3.39. The van der Waals surface area contributed by atoms with Gasteiger partial charge in [-0.25, -0.2) is 4.98 Å². The molecule has 2 heterocycles. The molecule has 0 unspecified atom stereocenters. The molecule has 6 heteroatoms. The average Bonchev–Trinajstić information content (AvgIpc) is 2.88. The van der Waals surface area contributed by atoms with Crippen molar-refractivity contribution in [2.24, 2.45) is 0 Å². The van der Waals surface area contributed by atoms with E-state index >= 15 is 0 Å². The topological polar surface area (TPSA) is 67.1 Å². The number of thiophene rings is 1. The van der Waals surface area contributed by atoms with Crippen LogP contribution in [-0.4, -0.2) is 24.1 Å². The molecule has 0 spiro atoms. The fourth-order valence-corrected chi connectivity index (χ4v) is 3.04. The molecule has 0 amide bonds. The minimum Gasteiger partial charge on any atom is -0.377 e. The van der Waals surface area contributed by atoms with Crippen molar-refractivity contribution in [3.63, 3.8) is 0 Å². The van der Waals surface area contributed by atoms with Crippen LogP contribution in [0.4, 0.5) is 23.1 Å². The minimum atomic E-state index is 0.285. The first-order valence-electron chi connectivity index (χ1n) is 6.60. The van der Waals surface area contributed by atoms with Crippen LogP contribution in [0.15, 0.2) is 29.6 Å². The van der Waals surface area contributed by atoms with Crippen molar-refractivity contribution >= 4 is 44.7 Å². The van der Waals surface area contributed by atoms with Gasteiger partial charge in [0.15, 0.2) is 0 Å². The molecule has 3 aromatic rings. The Bertz CT molecular complexity index is 794. The van der Waals surface area contributed by atoms with E-state index in [9.17, 15) is 0 Å². The van der Waals surface area contributed by atoms with Crippen molar-refractivity contribution < 1.29 is 0 Å². The van der Waals surface area contributed by atoms with Crippen LogP contribution in [-0.2, 0) is 0 Å². The summed E-state index contributed by atoms with van der Waals surface area (Å²) in [5.41, 5.74) is 9.16. The van der Waals surface area contributed by atoms with E-state index in [0.29, 0.717) is 0 Å². The van der Waals surface area contributed by atoms with E-state index in [1.165, 1.54) is 11.3 Å². The molecule has 0 aliphatic carbocycles. The van der Waals surface area contributed by atoms with Crippen molar-refractivity contribution in [3.05, 3.63) is 35.2 Å². The summed E-state index contributed by atoms with van der Waals surface area (Å²) in [6.07, 6.45) is 0. The smallest absolute Gasteiger partial charge is 0.223 e. The molecule has 3 N–H and O–H groups in total. The molecule has 3 rings (SSSR count). The third-order valence-electron chi connectivity index (χ3n) is 3.30. The predicted octanol–water partition coefficient (Wildman–Crippen LogP) is 3.39. The van der Waals surface area contributed by atoms with Crippen LogP contribution in [0.5, 0.6) is 0 Å². The summed E-state index contributed by atoms with van der Waals surface area (Å²) in [7, 11) is 4.07. The van der Waals surface area contributed by atoms with E-state index in [-0.39, 0.29) is 5.95 Å². The molecule has 108 valence electrons. The van der Waals surface area contributed by atoms with E-state index < -0.39 is 0 Å². The number of anilines is 4. The van der Waals surface area contributed by atoms with Gasteiger partial charge in [-0.2, -0.15) is 4.98 Å². The lowest BCUT2D eigenvalue weighted by molar-refractivity contribution is 1.11. The van der Waals surface area contributed by atoms with Crippen LogP contribution in [0.25, 0.3) is 10.2 Å². The third-order valence-corrected chi connectivity index (χ3v) is 4.10. The van der Waals surface area contributed by atoms with Crippen molar-refractivity contribution in [3.8, 4) is 0 Å². The van der Waals surface area contributed by atoms with Crippen LogP contribution in [0.3, 0.4) is 0 Å². The number of benzene rings is 1. The van der Waals surface area contributed by atoms with Gasteiger partial charge in [-0.15, -0.1) is 11.3 Å². The Labute approximate surface area is 127 Å². The van der Waals surface area contributed by atoms with Gasteiger partial charge in [0.05, 0.1) is 5.39 Å². The molecule has 21 heavy (non-hydrogen) atoms. The normalized spacial score (nSPS) is 10.8. The van der Waals surface area contributed by atoms with Crippen molar-refractivity contribution in [1.82, 2.24) is 9.97 Å². The average molecular weight is 299 g/mol. The molecule has 0 saturated carbocycles. The molecule has 5 nitrogen and oxygen atoms in total. The number of aryl methyl sites for hydroxylation is 1. The fraction of sp³-hybridized carbons (Fsp3) is 0.200. The number of fused-ring (bicyclic) bond motifs is 1. The van der Waals surface area contributed by atoms with Crippen LogP contribution in [0.1, 0.15) is 5.56 Å². The molecule has 0 aliphatic rings. The summed E-state index contributed by atoms with van der Waals surface area (Å²) in [5.74, 6) is 1.03. The van der Waals surface area contributed by atoms with E-state index in [2.05, 4.69) is 39.2 Å². The monoisotopic (exact) mass is 299 g/mol. The highest BCUT2D eigenvalue weighted by Crippen LogP contribution is 2.30. The lowest BCUT2D eigenvalue weighted by atomic mass is 10.1. The molecule has 0 bridgehead atoms. The maximum atomic E-state index is 5.78. The molecular formula is C15H17N5S. The highest BCUT2D eigenvalue weighted by molar-refractivity contribution is 7.16. The summed E-state index contributed by atoms with van der Waals surface area (Å²) >= 11 is 1.56. The third kappa shape index (κ3) is 2.62. The van der Waals surface area contributed by atoms with Crippen molar-refractivity contribution in [1.29, 1.82) is 0 Å². The molecule has 0 fully saturated rings. The molecule has 1 aromatic carbocycles. The lowest BCUT2D eigenvalue weighted by Gasteiger charge is -2.17.